The molecular formula is C15H13FO4. The number of benzene rings is 2. The lowest BCUT2D eigenvalue weighted by molar-refractivity contribution is 0.0691. The van der Waals surface area contributed by atoms with E-state index in [1.807, 2.05) is 0 Å². The van der Waals surface area contributed by atoms with E-state index in [0.29, 0.717) is 0 Å². The minimum Gasteiger partial charge on any atom is -0.488 e. The van der Waals surface area contributed by atoms with Crippen molar-refractivity contribution in [2.45, 2.75) is 13.2 Å². The standard InChI is InChI=1S/C15H13FO4/c16-12-5-6-13(15(18)19)14(7-12)20-9-11-3-1-10(8-17)2-4-11/h1-7,17H,8-9H2,(H,18,19). The molecule has 20 heavy (non-hydrogen) atoms. The maximum Gasteiger partial charge on any atom is 0.339 e. The lowest BCUT2D eigenvalue weighted by Gasteiger charge is -2.09. The summed E-state index contributed by atoms with van der Waals surface area (Å²) in [5.74, 6) is -1.74. The number of aliphatic hydroxyl groups is 1. The van der Waals surface area contributed by atoms with Crippen molar-refractivity contribution in [1.82, 2.24) is 0 Å². The summed E-state index contributed by atoms with van der Waals surface area (Å²) in [6.07, 6.45) is 0. The van der Waals surface area contributed by atoms with E-state index in [1.165, 1.54) is 6.07 Å². The first-order valence-electron chi connectivity index (χ1n) is 5.94. The lowest BCUT2D eigenvalue weighted by Crippen LogP contribution is -2.04. The van der Waals surface area contributed by atoms with Gasteiger partial charge in [-0.05, 0) is 23.3 Å². The topological polar surface area (TPSA) is 66.8 Å². The molecule has 4 nitrogen and oxygen atoms in total. The van der Waals surface area contributed by atoms with Gasteiger partial charge in [-0.3, -0.25) is 0 Å². The van der Waals surface area contributed by atoms with Gasteiger partial charge in [0.15, 0.2) is 0 Å². The predicted molar refractivity (Wildman–Crippen MR) is 70.1 cm³/mol. The van der Waals surface area contributed by atoms with E-state index in [4.69, 9.17) is 14.9 Å². The molecular weight excluding hydrogens is 263 g/mol. The number of aliphatic hydroxyl groups excluding tert-OH is 1. The number of aromatic carboxylic acids is 1. The van der Waals surface area contributed by atoms with Gasteiger partial charge in [0.2, 0.25) is 0 Å². The van der Waals surface area contributed by atoms with Crippen molar-refractivity contribution in [2.75, 3.05) is 0 Å². The monoisotopic (exact) mass is 276 g/mol. The zero-order valence-corrected chi connectivity index (χ0v) is 10.5. The molecule has 0 bridgehead atoms. The SMILES string of the molecule is O=C(O)c1ccc(F)cc1OCc1ccc(CO)cc1. The van der Waals surface area contributed by atoms with E-state index < -0.39 is 11.8 Å². The smallest absolute Gasteiger partial charge is 0.339 e. The van der Waals surface area contributed by atoms with Crippen LogP contribution in [-0.2, 0) is 13.2 Å². The maximum atomic E-state index is 13.1. The molecule has 2 N–H and O–H groups in total. The Balaban J connectivity index is 2.13. The van der Waals surface area contributed by atoms with Crippen molar-refractivity contribution in [2.24, 2.45) is 0 Å². The van der Waals surface area contributed by atoms with Crippen LogP contribution in [0.4, 0.5) is 4.39 Å². The van der Waals surface area contributed by atoms with Gasteiger partial charge in [0, 0.05) is 6.07 Å². The Hall–Kier alpha value is -2.40. The number of rotatable bonds is 5. The zero-order chi connectivity index (χ0) is 14.5. The van der Waals surface area contributed by atoms with Crippen molar-refractivity contribution < 1.29 is 24.1 Å². The van der Waals surface area contributed by atoms with Crippen LogP contribution in [0, 0.1) is 5.82 Å². The van der Waals surface area contributed by atoms with E-state index in [9.17, 15) is 9.18 Å². The van der Waals surface area contributed by atoms with Crippen LogP contribution in [0.2, 0.25) is 0 Å². The molecule has 0 aliphatic carbocycles. The Labute approximate surface area is 115 Å². The van der Waals surface area contributed by atoms with Crippen LogP contribution < -0.4 is 4.74 Å². The third-order valence-corrected chi connectivity index (χ3v) is 2.77. The van der Waals surface area contributed by atoms with E-state index in [-0.39, 0.29) is 24.5 Å². The quantitative estimate of drug-likeness (QED) is 0.881. The summed E-state index contributed by atoms with van der Waals surface area (Å²) in [4.78, 5) is 11.0. The molecule has 0 saturated heterocycles. The zero-order valence-electron chi connectivity index (χ0n) is 10.5. The van der Waals surface area contributed by atoms with E-state index in [0.717, 1.165) is 23.3 Å². The third-order valence-electron chi connectivity index (χ3n) is 2.77. The minimum absolute atomic E-state index is 0.0104. The Kier molecular flexibility index (Phi) is 4.32. The second kappa shape index (κ2) is 6.16. The van der Waals surface area contributed by atoms with Crippen LogP contribution in [0.25, 0.3) is 0 Å². The van der Waals surface area contributed by atoms with Crippen LogP contribution in [0.3, 0.4) is 0 Å². The molecule has 2 aromatic carbocycles. The summed E-state index contributed by atoms with van der Waals surface area (Å²) in [6, 6.07) is 10.3. The molecule has 0 aliphatic rings. The van der Waals surface area contributed by atoms with Gasteiger partial charge in [0.1, 0.15) is 23.7 Å². The molecule has 0 amide bonds. The highest BCUT2D eigenvalue weighted by molar-refractivity contribution is 5.90. The molecule has 0 atom stereocenters. The summed E-state index contributed by atoms with van der Waals surface area (Å²) < 4.78 is 18.5. The van der Waals surface area contributed by atoms with Crippen LogP contribution in [0.5, 0.6) is 5.75 Å². The molecule has 2 rings (SSSR count). The first kappa shape index (κ1) is 14.0. The summed E-state index contributed by atoms with van der Waals surface area (Å²) in [7, 11) is 0. The summed E-state index contributed by atoms with van der Waals surface area (Å²) in [5, 5.41) is 17.9. The average molecular weight is 276 g/mol. The molecule has 0 heterocycles. The number of ether oxygens (including phenoxy) is 1. The number of carbonyl (C=O) groups is 1. The molecule has 0 unspecified atom stereocenters. The second-order valence-corrected chi connectivity index (χ2v) is 4.21. The maximum absolute atomic E-state index is 13.1. The van der Waals surface area contributed by atoms with Gasteiger partial charge >= 0.3 is 5.97 Å². The molecule has 0 spiro atoms. The Morgan fingerprint density at radius 1 is 1.10 bits per heavy atom. The molecule has 0 radical (unpaired) electrons. The largest absolute Gasteiger partial charge is 0.488 e. The van der Waals surface area contributed by atoms with Crippen molar-refractivity contribution in [1.29, 1.82) is 0 Å². The fraction of sp³-hybridized carbons (Fsp3) is 0.133. The van der Waals surface area contributed by atoms with E-state index >= 15 is 0 Å². The summed E-state index contributed by atoms with van der Waals surface area (Å²) >= 11 is 0. The van der Waals surface area contributed by atoms with Crippen LogP contribution in [-0.4, -0.2) is 16.2 Å². The van der Waals surface area contributed by atoms with Gasteiger partial charge in [-0.1, -0.05) is 24.3 Å². The Morgan fingerprint density at radius 2 is 1.75 bits per heavy atom. The number of carboxylic acid groups (broad SMARTS) is 1. The van der Waals surface area contributed by atoms with Crippen LogP contribution in [0.1, 0.15) is 21.5 Å². The van der Waals surface area contributed by atoms with Crippen LogP contribution >= 0.6 is 0 Å². The Morgan fingerprint density at radius 3 is 2.35 bits per heavy atom. The van der Waals surface area contributed by atoms with Crippen molar-refractivity contribution >= 4 is 5.97 Å². The molecule has 0 aromatic heterocycles. The second-order valence-electron chi connectivity index (χ2n) is 4.21. The summed E-state index contributed by atoms with van der Waals surface area (Å²) in [5.41, 5.74) is 1.48. The number of hydrogen-bond acceptors (Lipinski definition) is 3. The fourth-order valence-corrected chi connectivity index (χ4v) is 1.69. The molecule has 0 fully saturated rings. The highest BCUT2D eigenvalue weighted by Crippen LogP contribution is 2.21. The van der Waals surface area contributed by atoms with Crippen molar-refractivity contribution in [3.05, 3.63) is 65.0 Å². The third kappa shape index (κ3) is 3.33. The summed E-state index contributed by atoms with van der Waals surface area (Å²) in [6.45, 7) is 0.0731. The van der Waals surface area contributed by atoms with Crippen molar-refractivity contribution in [3.63, 3.8) is 0 Å². The number of halogens is 1. The number of carboxylic acids is 1. The minimum atomic E-state index is -1.17. The van der Waals surface area contributed by atoms with Crippen LogP contribution in [0.15, 0.2) is 42.5 Å². The van der Waals surface area contributed by atoms with Crippen molar-refractivity contribution in [3.8, 4) is 5.75 Å². The molecule has 0 aliphatic heterocycles. The first-order valence-corrected chi connectivity index (χ1v) is 5.94. The Bertz CT molecular complexity index is 608. The predicted octanol–water partition coefficient (Wildman–Crippen LogP) is 2.60. The molecule has 0 saturated carbocycles. The van der Waals surface area contributed by atoms with Gasteiger partial charge < -0.3 is 14.9 Å². The van der Waals surface area contributed by atoms with Gasteiger partial charge in [0.25, 0.3) is 0 Å². The van der Waals surface area contributed by atoms with Gasteiger partial charge in [0.05, 0.1) is 6.61 Å². The van der Waals surface area contributed by atoms with Gasteiger partial charge in [-0.25, -0.2) is 9.18 Å². The highest BCUT2D eigenvalue weighted by Gasteiger charge is 2.12. The molecule has 5 heteroatoms. The first-order chi connectivity index (χ1) is 9.60. The fourth-order valence-electron chi connectivity index (χ4n) is 1.69. The van der Waals surface area contributed by atoms with Gasteiger partial charge in [-0.15, -0.1) is 0 Å². The molecule has 104 valence electrons. The average Bonchev–Trinajstić information content (AvgIpc) is 2.45. The normalized spacial score (nSPS) is 10.3. The van der Waals surface area contributed by atoms with E-state index in [2.05, 4.69) is 0 Å². The molecule has 2 aromatic rings. The lowest BCUT2D eigenvalue weighted by atomic mass is 10.1. The highest BCUT2D eigenvalue weighted by atomic mass is 19.1. The van der Waals surface area contributed by atoms with Gasteiger partial charge in [-0.2, -0.15) is 0 Å². The number of hydrogen-bond donors (Lipinski definition) is 2. The van der Waals surface area contributed by atoms with E-state index in [1.54, 1.807) is 24.3 Å².